The fraction of sp³-hybridized carbons (Fsp3) is 0.389. The third kappa shape index (κ3) is 5.05. The number of hydrogen-bond donors (Lipinski definition) is 0. The first-order chi connectivity index (χ1) is 13.2. The van der Waals surface area contributed by atoms with Gasteiger partial charge in [-0.3, -0.25) is 0 Å². The van der Waals surface area contributed by atoms with Gasteiger partial charge in [0.05, 0.1) is 10.6 Å². The van der Waals surface area contributed by atoms with Crippen LogP contribution in [-0.2, 0) is 22.0 Å². The number of alkyl halides is 3. The zero-order chi connectivity index (χ0) is 20.4. The molecule has 1 saturated heterocycles. The van der Waals surface area contributed by atoms with Gasteiger partial charge in [0.1, 0.15) is 4.90 Å². The van der Waals surface area contributed by atoms with Crippen LogP contribution in [-0.4, -0.2) is 55.8 Å². The number of aromatic nitrogens is 1. The third-order valence-corrected chi connectivity index (χ3v) is 7.35. The summed E-state index contributed by atoms with van der Waals surface area (Å²) in [6, 6.07) is 8.21. The molecule has 0 unspecified atom stereocenters. The molecular weight excluding hydrogens is 411 g/mol. The van der Waals surface area contributed by atoms with E-state index in [0.29, 0.717) is 42.5 Å². The highest BCUT2D eigenvalue weighted by Gasteiger charge is 2.30. The van der Waals surface area contributed by atoms with Crippen molar-refractivity contribution in [3.05, 3.63) is 53.7 Å². The summed E-state index contributed by atoms with van der Waals surface area (Å²) in [5, 5.41) is 0.551. The molecule has 0 amide bonds. The van der Waals surface area contributed by atoms with Gasteiger partial charge in [-0.2, -0.15) is 17.5 Å². The fourth-order valence-electron chi connectivity index (χ4n) is 2.78. The summed E-state index contributed by atoms with van der Waals surface area (Å²) >= 11 is 1.25. The second kappa shape index (κ2) is 8.40. The molecule has 3 rings (SSSR count). The SMILES string of the molecule is CN1CCN(S(=O)(=O)c2ccc(SCc3cccc(C(F)(F)F)c3)nc2)CC1. The van der Waals surface area contributed by atoms with Crippen LogP contribution >= 0.6 is 11.8 Å². The molecule has 152 valence electrons. The van der Waals surface area contributed by atoms with Gasteiger partial charge in [0, 0.05) is 38.1 Å². The molecule has 0 bridgehead atoms. The van der Waals surface area contributed by atoms with Crippen molar-refractivity contribution in [2.24, 2.45) is 0 Å². The number of piperazine rings is 1. The third-order valence-electron chi connectivity index (χ3n) is 4.45. The average Bonchev–Trinajstić information content (AvgIpc) is 2.67. The van der Waals surface area contributed by atoms with E-state index < -0.39 is 21.8 Å². The Morgan fingerprint density at radius 1 is 1.11 bits per heavy atom. The Kier molecular flexibility index (Phi) is 6.33. The van der Waals surface area contributed by atoms with Gasteiger partial charge < -0.3 is 4.90 Å². The van der Waals surface area contributed by atoms with Crippen LogP contribution in [0, 0.1) is 0 Å². The molecule has 0 spiro atoms. The van der Waals surface area contributed by atoms with Crippen LogP contribution in [0.15, 0.2) is 52.5 Å². The molecule has 0 atom stereocenters. The minimum absolute atomic E-state index is 0.125. The molecule has 1 aliphatic heterocycles. The second-order valence-corrected chi connectivity index (χ2v) is 9.46. The van der Waals surface area contributed by atoms with Gasteiger partial charge in [-0.1, -0.05) is 18.2 Å². The maximum atomic E-state index is 12.8. The normalized spacial score (nSPS) is 17.0. The van der Waals surface area contributed by atoms with Crippen LogP contribution in [0.25, 0.3) is 0 Å². The van der Waals surface area contributed by atoms with Gasteiger partial charge in [0.2, 0.25) is 10.0 Å². The first-order valence-corrected chi connectivity index (χ1v) is 11.0. The summed E-state index contributed by atoms with van der Waals surface area (Å²) in [6.07, 6.45) is -3.07. The largest absolute Gasteiger partial charge is 0.416 e. The van der Waals surface area contributed by atoms with Crippen LogP contribution in [0.2, 0.25) is 0 Å². The van der Waals surface area contributed by atoms with Crippen molar-refractivity contribution in [1.29, 1.82) is 0 Å². The highest BCUT2D eigenvalue weighted by molar-refractivity contribution is 7.98. The number of halogens is 3. The van der Waals surface area contributed by atoms with E-state index in [4.69, 9.17) is 0 Å². The van der Waals surface area contributed by atoms with Crippen LogP contribution in [0.4, 0.5) is 13.2 Å². The maximum Gasteiger partial charge on any atom is 0.416 e. The predicted octanol–water partition coefficient (Wildman–Crippen LogP) is 3.33. The number of rotatable bonds is 5. The standard InChI is InChI=1S/C18H20F3N3O2S2/c1-23-7-9-24(10-8-23)28(25,26)16-5-6-17(22-12-16)27-13-14-3-2-4-15(11-14)18(19,20)21/h2-6,11-12H,7-10,13H2,1H3. The molecule has 10 heteroatoms. The van der Waals surface area contributed by atoms with E-state index in [2.05, 4.69) is 9.88 Å². The average molecular weight is 432 g/mol. The molecule has 28 heavy (non-hydrogen) atoms. The molecule has 0 aliphatic carbocycles. The first kappa shape index (κ1) is 21.1. The number of likely N-dealkylation sites (N-methyl/N-ethyl adjacent to an activating group) is 1. The topological polar surface area (TPSA) is 53.5 Å². The molecule has 1 aromatic carbocycles. The van der Waals surface area contributed by atoms with Crippen molar-refractivity contribution in [3.8, 4) is 0 Å². The summed E-state index contributed by atoms with van der Waals surface area (Å²) in [4.78, 5) is 6.36. The quantitative estimate of drug-likeness (QED) is 0.680. The number of pyridine rings is 1. The molecule has 2 aromatic rings. The van der Waals surface area contributed by atoms with E-state index in [0.717, 1.165) is 12.1 Å². The van der Waals surface area contributed by atoms with Crippen molar-refractivity contribution in [2.75, 3.05) is 33.2 Å². The van der Waals surface area contributed by atoms with Gasteiger partial charge in [-0.05, 0) is 30.8 Å². The van der Waals surface area contributed by atoms with Gasteiger partial charge in [0.15, 0.2) is 0 Å². The summed E-state index contributed by atoms with van der Waals surface area (Å²) in [5.74, 6) is 0.307. The van der Waals surface area contributed by atoms with Crippen LogP contribution < -0.4 is 0 Å². The van der Waals surface area contributed by atoms with Crippen molar-refractivity contribution >= 4 is 21.8 Å². The van der Waals surface area contributed by atoms with Crippen LogP contribution in [0.1, 0.15) is 11.1 Å². The lowest BCUT2D eigenvalue weighted by molar-refractivity contribution is -0.137. The number of benzene rings is 1. The van der Waals surface area contributed by atoms with E-state index in [-0.39, 0.29) is 4.90 Å². The van der Waals surface area contributed by atoms with E-state index >= 15 is 0 Å². The molecule has 0 N–H and O–H groups in total. The molecule has 1 fully saturated rings. The zero-order valence-corrected chi connectivity index (χ0v) is 16.8. The van der Waals surface area contributed by atoms with E-state index in [1.165, 1.54) is 34.4 Å². The second-order valence-electron chi connectivity index (χ2n) is 6.53. The smallest absolute Gasteiger partial charge is 0.304 e. The lowest BCUT2D eigenvalue weighted by Crippen LogP contribution is -2.47. The predicted molar refractivity (Wildman–Crippen MR) is 101 cm³/mol. The lowest BCUT2D eigenvalue weighted by Gasteiger charge is -2.31. The molecule has 2 heterocycles. The Hall–Kier alpha value is -1.62. The minimum atomic E-state index is -4.38. The monoisotopic (exact) mass is 431 g/mol. The number of thioether (sulfide) groups is 1. The Bertz CT molecular complexity index is 910. The molecule has 0 saturated carbocycles. The highest BCUT2D eigenvalue weighted by Crippen LogP contribution is 2.31. The first-order valence-electron chi connectivity index (χ1n) is 8.60. The maximum absolute atomic E-state index is 12.8. The van der Waals surface area contributed by atoms with Crippen molar-refractivity contribution in [2.45, 2.75) is 21.9 Å². The summed E-state index contributed by atoms with van der Waals surface area (Å²) in [6.45, 7) is 2.23. The molecule has 5 nitrogen and oxygen atoms in total. The van der Waals surface area contributed by atoms with Gasteiger partial charge in [-0.15, -0.1) is 11.8 Å². The number of hydrogen-bond acceptors (Lipinski definition) is 5. The highest BCUT2D eigenvalue weighted by atomic mass is 32.2. The van der Waals surface area contributed by atoms with Crippen LogP contribution in [0.5, 0.6) is 0 Å². The summed E-state index contributed by atoms with van der Waals surface area (Å²) in [7, 11) is -1.64. The lowest BCUT2D eigenvalue weighted by atomic mass is 10.1. The van der Waals surface area contributed by atoms with E-state index in [9.17, 15) is 21.6 Å². The van der Waals surface area contributed by atoms with E-state index in [1.807, 2.05) is 7.05 Å². The van der Waals surface area contributed by atoms with Crippen LogP contribution in [0.3, 0.4) is 0 Å². The number of sulfonamides is 1. The van der Waals surface area contributed by atoms with E-state index in [1.54, 1.807) is 12.1 Å². The molecule has 0 radical (unpaired) electrons. The Morgan fingerprint density at radius 3 is 2.43 bits per heavy atom. The summed E-state index contributed by atoms with van der Waals surface area (Å²) in [5.41, 5.74) is -0.164. The fourth-order valence-corrected chi connectivity index (χ4v) is 4.93. The van der Waals surface area contributed by atoms with Gasteiger partial charge in [0.25, 0.3) is 0 Å². The van der Waals surface area contributed by atoms with Crippen molar-refractivity contribution in [1.82, 2.24) is 14.2 Å². The minimum Gasteiger partial charge on any atom is -0.304 e. The zero-order valence-electron chi connectivity index (χ0n) is 15.2. The van der Waals surface area contributed by atoms with Crippen molar-refractivity contribution in [3.63, 3.8) is 0 Å². The van der Waals surface area contributed by atoms with Gasteiger partial charge in [-0.25, -0.2) is 13.4 Å². The Balaban J connectivity index is 1.65. The number of nitrogens with zero attached hydrogens (tertiary/aromatic N) is 3. The summed E-state index contributed by atoms with van der Waals surface area (Å²) < 4.78 is 65.1. The molecule has 1 aliphatic rings. The molecular formula is C18H20F3N3O2S2. The van der Waals surface area contributed by atoms with Crippen molar-refractivity contribution < 1.29 is 21.6 Å². The Labute approximate surface area is 166 Å². The van der Waals surface area contributed by atoms with Gasteiger partial charge >= 0.3 is 6.18 Å². The Morgan fingerprint density at radius 2 is 1.82 bits per heavy atom. The molecule has 1 aromatic heterocycles.